The number of fused-ring (bicyclic) bond motifs is 10. The van der Waals surface area contributed by atoms with Gasteiger partial charge in [-0.3, -0.25) is 4.99 Å². The van der Waals surface area contributed by atoms with Crippen molar-refractivity contribution in [1.82, 2.24) is 4.57 Å². The molecule has 72 heavy (non-hydrogen) atoms. The van der Waals surface area contributed by atoms with Gasteiger partial charge in [0, 0.05) is 43.8 Å². The maximum absolute atomic E-state index is 6.93. The summed E-state index contributed by atoms with van der Waals surface area (Å²) in [6, 6.07) is 74.4. The Hall–Kier alpha value is -8.80. The van der Waals surface area contributed by atoms with Crippen LogP contribution in [-0.4, -0.2) is 22.2 Å². The summed E-state index contributed by atoms with van der Waals surface area (Å²) in [5.41, 5.74) is 19.9. The number of aromatic nitrogens is 1. The third-order valence-corrected chi connectivity index (χ3v) is 15.6. The molecule has 5 nitrogen and oxygen atoms in total. The molecule has 0 N–H and O–H groups in total. The average molecular weight is 926 g/mol. The molecule has 2 aliphatic carbocycles. The van der Waals surface area contributed by atoms with Gasteiger partial charge < -0.3 is 13.4 Å². The van der Waals surface area contributed by atoms with Crippen LogP contribution in [0.25, 0.3) is 99.9 Å². The van der Waals surface area contributed by atoms with E-state index in [1.165, 1.54) is 44.4 Å². The van der Waals surface area contributed by atoms with Gasteiger partial charge in [-0.2, -0.15) is 0 Å². The van der Waals surface area contributed by atoms with E-state index in [2.05, 4.69) is 223 Å². The van der Waals surface area contributed by atoms with E-state index in [0.29, 0.717) is 5.92 Å². The van der Waals surface area contributed by atoms with E-state index in [4.69, 9.17) is 18.8 Å². The molecule has 0 amide bonds. The second-order valence-corrected chi connectivity index (χ2v) is 19.8. The first-order valence-corrected chi connectivity index (χ1v) is 25.3. The molecule has 12 aromatic rings. The van der Waals surface area contributed by atoms with Crippen molar-refractivity contribution in [1.29, 1.82) is 0 Å². The normalized spacial score (nSPS) is 17.5. The Labute approximate surface area is 416 Å². The summed E-state index contributed by atoms with van der Waals surface area (Å²) in [6.45, 7) is 0. The lowest BCUT2D eigenvalue weighted by atomic mass is 9.85. The van der Waals surface area contributed by atoms with Crippen LogP contribution in [-0.2, 0) is 6.42 Å². The van der Waals surface area contributed by atoms with Crippen LogP contribution in [0.4, 0.5) is 0 Å². The smallest absolute Gasteiger partial charge is 0.159 e. The fourth-order valence-electron chi connectivity index (χ4n) is 12.1. The van der Waals surface area contributed by atoms with E-state index in [9.17, 15) is 0 Å². The minimum atomic E-state index is 0.250. The fraction of sp³-hybridized carbons (Fsp3) is 0.104. The molecule has 0 bridgehead atoms. The molecule has 0 saturated heterocycles. The molecular formula is C67H47N3O2. The van der Waals surface area contributed by atoms with E-state index in [0.717, 1.165) is 115 Å². The number of nitrogens with zero attached hydrogens (tertiary/aromatic N) is 3. The number of allylic oxidation sites excluding steroid dienone is 1. The first kappa shape index (κ1) is 41.0. The molecule has 0 radical (unpaired) electrons. The standard InChI is InChI=1S/C67H47N3O2/c1-4-16-41(17-5-1)44-30-34-60-55(37-44)50-24-10-12-27-59(50)70(60)61-28-15-26-51-56-38-47(31-35-63(56)71-65(51)61)49-33-32-48(64-52-25-11-13-29-62(52)72-66(49)64)45-22-14-23-46(36-45)53-39-57(42-18-6-2-7-19-42)68-67(69-58-40-54(53)58)43-20-8-3-9-21-43/h1-9,11-23,25-38,53-54,58H,10,24,39-40H2. The largest absolute Gasteiger partial charge is 0.455 e. The van der Waals surface area contributed by atoms with E-state index >= 15 is 0 Å². The van der Waals surface area contributed by atoms with Gasteiger partial charge in [0.25, 0.3) is 0 Å². The second kappa shape index (κ2) is 16.4. The van der Waals surface area contributed by atoms with Crippen LogP contribution >= 0.6 is 0 Å². The summed E-state index contributed by atoms with van der Waals surface area (Å²) in [5, 5.41) is 5.69. The third kappa shape index (κ3) is 6.68. The molecule has 1 fully saturated rings. The van der Waals surface area contributed by atoms with Crippen LogP contribution in [0.3, 0.4) is 0 Å². The van der Waals surface area contributed by atoms with Crippen molar-refractivity contribution in [2.75, 3.05) is 0 Å². The number of aryl methyl sites for hydroxylation is 1. The zero-order valence-electron chi connectivity index (χ0n) is 39.5. The highest BCUT2D eigenvalue weighted by atomic mass is 16.3. The number of rotatable bonds is 7. The van der Waals surface area contributed by atoms with Crippen molar-refractivity contribution >= 4 is 72.4 Å². The molecule has 3 unspecified atom stereocenters. The molecule has 15 rings (SSSR count). The van der Waals surface area contributed by atoms with Gasteiger partial charge in [0.1, 0.15) is 16.7 Å². The molecule has 4 heterocycles. The molecule has 0 spiro atoms. The predicted molar refractivity (Wildman–Crippen MR) is 297 cm³/mol. The third-order valence-electron chi connectivity index (χ3n) is 15.6. The zero-order valence-corrected chi connectivity index (χ0v) is 39.5. The summed E-state index contributed by atoms with van der Waals surface area (Å²) in [4.78, 5) is 10.7. The van der Waals surface area contributed by atoms with Crippen molar-refractivity contribution in [2.24, 2.45) is 15.9 Å². The number of hydrogen-bond acceptors (Lipinski definition) is 4. The van der Waals surface area contributed by atoms with Gasteiger partial charge in [-0.1, -0.05) is 170 Å². The van der Waals surface area contributed by atoms with Gasteiger partial charge in [0.2, 0.25) is 0 Å². The van der Waals surface area contributed by atoms with E-state index in [1.807, 2.05) is 0 Å². The molecule has 1 aliphatic heterocycles. The summed E-state index contributed by atoms with van der Waals surface area (Å²) >= 11 is 0. The molecule has 5 heteroatoms. The van der Waals surface area contributed by atoms with Crippen molar-refractivity contribution in [3.05, 3.63) is 240 Å². The van der Waals surface area contributed by atoms with Crippen LogP contribution in [0, 0.1) is 5.92 Å². The predicted octanol–water partition coefficient (Wildman–Crippen LogP) is 17.2. The Bertz CT molecular complexity index is 4230. The van der Waals surface area contributed by atoms with Gasteiger partial charge in [0.05, 0.1) is 23.0 Å². The maximum atomic E-state index is 6.93. The molecule has 3 aliphatic rings. The fourth-order valence-corrected chi connectivity index (χ4v) is 12.1. The highest BCUT2D eigenvalue weighted by molar-refractivity contribution is 6.18. The number of para-hydroxylation sites is 2. The Morgan fingerprint density at radius 2 is 1.18 bits per heavy atom. The quantitative estimate of drug-likeness (QED) is 0.160. The highest BCUT2D eigenvalue weighted by Crippen LogP contribution is 2.50. The highest BCUT2D eigenvalue weighted by Gasteiger charge is 2.45. The number of benzene rings is 9. The van der Waals surface area contributed by atoms with Gasteiger partial charge >= 0.3 is 0 Å². The first-order chi connectivity index (χ1) is 35.7. The van der Waals surface area contributed by atoms with E-state index in [1.54, 1.807) is 0 Å². The minimum absolute atomic E-state index is 0.250. The second-order valence-electron chi connectivity index (χ2n) is 19.8. The van der Waals surface area contributed by atoms with E-state index < -0.39 is 0 Å². The summed E-state index contributed by atoms with van der Waals surface area (Å²) in [6.07, 6.45) is 8.54. The SMILES string of the molecule is C1=Cc2c(c3cc(-c4ccccc4)ccc3n2-c2cccc3c2oc2ccc(-c4ccc(-c5cccc(C6CC(c7ccccc7)=NC(c7ccccc7)=NC7CC76)c5)c5c4oc4ccccc45)cc23)CC1. The molecule has 1 saturated carbocycles. The Morgan fingerprint density at radius 1 is 0.500 bits per heavy atom. The Balaban J connectivity index is 0.829. The first-order valence-electron chi connectivity index (χ1n) is 25.3. The molecule has 3 aromatic heterocycles. The molecule has 342 valence electrons. The lowest BCUT2D eigenvalue weighted by Crippen LogP contribution is -2.17. The number of aliphatic imine (C=N–C) groups is 2. The number of hydrogen-bond donors (Lipinski definition) is 0. The van der Waals surface area contributed by atoms with Gasteiger partial charge in [-0.25, -0.2) is 4.99 Å². The van der Waals surface area contributed by atoms with Crippen molar-refractivity contribution in [3.63, 3.8) is 0 Å². The lowest BCUT2D eigenvalue weighted by molar-refractivity contribution is 0.607. The maximum Gasteiger partial charge on any atom is 0.159 e. The van der Waals surface area contributed by atoms with Crippen molar-refractivity contribution in [2.45, 2.75) is 37.6 Å². The van der Waals surface area contributed by atoms with Crippen LogP contribution in [0.2, 0.25) is 0 Å². The summed E-state index contributed by atoms with van der Waals surface area (Å²) < 4.78 is 16.2. The van der Waals surface area contributed by atoms with Gasteiger partial charge in [-0.05, 0) is 131 Å². The average Bonchev–Trinajstić information content (AvgIpc) is 3.74. The van der Waals surface area contributed by atoms with Crippen molar-refractivity contribution < 1.29 is 8.83 Å². The monoisotopic (exact) mass is 925 g/mol. The molecular weight excluding hydrogens is 879 g/mol. The van der Waals surface area contributed by atoms with Gasteiger partial charge in [0.15, 0.2) is 11.4 Å². The topological polar surface area (TPSA) is 55.9 Å². The molecule has 3 atom stereocenters. The van der Waals surface area contributed by atoms with Gasteiger partial charge in [-0.15, -0.1) is 0 Å². The van der Waals surface area contributed by atoms with Crippen molar-refractivity contribution in [3.8, 4) is 39.1 Å². The van der Waals surface area contributed by atoms with Crippen LogP contribution in [0.5, 0.6) is 0 Å². The van der Waals surface area contributed by atoms with Crippen LogP contribution in [0.15, 0.2) is 231 Å². The minimum Gasteiger partial charge on any atom is -0.455 e. The van der Waals surface area contributed by atoms with Crippen LogP contribution < -0.4 is 0 Å². The number of amidine groups is 1. The summed E-state index contributed by atoms with van der Waals surface area (Å²) in [5.74, 6) is 1.55. The number of furan rings is 2. The molecule has 9 aromatic carbocycles. The summed E-state index contributed by atoms with van der Waals surface area (Å²) in [7, 11) is 0. The lowest BCUT2D eigenvalue weighted by Gasteiger charge is -2.22. The Kier molecular flexibility index (Phi) is 9.34. The zero-order chi connectivity index (χ0) is 47.3. The van der Waals surface area contributed by atoms with E-state index in [-0.39, 0.29) is 12.0 Å². The Morgan fingerprint density at radius 3 is 2.04 bits per heavy atom. The van der Waals surface area contributed by atoms with Crippen LogP contribution in [0.1, 0.15) is 53.1 Å².